The van der Waals surface area contributed by atoms with E-state index in [0.29, 0.717) is 10.5 Å². The van der Waals surface area contributed by atoms with Crippen LogP contribution in [0, 0.1) is 25.2 Å². The molecule has 18 heavy (non-hydrogen) atoms. The largest absolute Gasteiger partial charge is 0.290 e. The highest BCUT2D eigenvalue weighted by molar-refractivity contribution is 8.00. The van der Waals surface area contributed by atoms with Gasteiger partial charge < -0.3 is 0 Å². The molecule has 2 heterocycles. The number of thioether (sulfide) groups is 1. The molecule has 2 rings (SSSR count). The second-order valence-corrected chi connectivity index (χ2v) is 6.62. The third-order valence-electron chi connectivity index (χ3n) is 2.83. The summed E-state index contributed by atoms with van der Waals surface area (Å²) < 4.78 is 1.53. The Balaban J connectivity index is 2.69. The van der Waals surface area contributed by atoms with Crippen LogP contribution < -0.4 is 5.56 Å². The topological polar surface area (TPSA) is 58.7 Å². The molecule has 0 saturated carbocycles. The maximum Gasteiger partial charge on any atom is 0.262 e. The third kappa shape index (κ3) is 2.04. The van der Waals surface area contributed by atoms with Gasteiger partial charge in [0.2, 0.25) is 0 Å². The predicted octanol–water partition coefficient (Wildman–Crippen LogP) is 2.62. The third-order valence-corrected chi connectivity index (χ3v) is 4.97. The van der Waals surface area contributed by atoms with Crippen molar-refractivity contribution in [1.82, 2.24) is 9.55 Å². The molecule has 6 heteroatoms. The quantitative estimate of drug-likeness (QED) is 0.626. The first-order valence-electron chi connectivity index (χ1n) is 5.48. The first kappa shape index (κ1) is 13.1. The summed E-state index contributed by atoms with van der Waals surface area (Å²) in [5, 5.41) is 9.92. The van der Waals surface area contributed by atoms with Crippen molar-refractivity contribution in [2.75, 3.05) is 0 Å². The van der Waals surface area contributed by atoms with Crippen molar-refractivity contribution >= 4 is 33.3 Å². The van der Waals surface area contributed by atoms with Crippen LogP contribution in [0.15, 0.2) is 9.95 Å². The maximum atomic E-state index is 12.3. The van der Waals surface area contributed by atoms with E-state index in [-0.39, 0.29) is 10.8 Å². The van der Waals surface area contributed by atoms with Gasteiger partial charge in [0, 0.05) is 11.9 Å². The van der Waals surface area contributed by atoms with E-state index in [0.717, 1.165) is 15.3 Å². The first-order chi connectivity index (χ1) is 8.45. The van der Waals surface area contributed by atoms with Crippen LogP contribution in [-0.4, -0.2) is 14.8 Å². The Kier molecular flexibility index (Phi) is 3.46. The van der Waals surface area contributed by atoms with Crippen molar-refractivity contribution in [1.29, 1.82) is 5.26 Å². The Bertz CT molecular complexity index is 709. The smallest absolute Gasteiger partial charge is 0.262 e. The van der Waals surface area contributed by atoms with Crippen LogP contribution in [0.3, 0.4) is 0 Å². The van der Waals surface area contributed by atoms with E-state index in [1.807, 2.05) is 13.8 Å². The number of fused-ring (bicyclic) bond motifs is 1. The summed E-state index contributed by atoms with van der Waals surface area (Å²) >= 11 is 2.84. The SMILES string of the molecule is Cc1sc2nc(SC(C)C#N)n(C)c(=O)c2c1C. The van der Waals surface area contributed by atoms with Gasteiger partial charge in [0.05, 0.1) is 16.7 Å². The summed E-state index contributed by atoms with van der Waals surface area (Å²) in [4.78, 5) is 18.7. The van der Waals surface area contributed by atoms with Crippen LogP contribution in [0.4, 0.5) is 0 Å². The monoisotopic (exact) mass is 279 g/mol. The van der Waals surface area contributed by atoms with E-state index in [4.69, 9.17) is 5.26 Å². The first-order valence-corrected chi connectivity index (χ1v) is 7.18. The zero-order chi connectivity index (χ0) is 13.4. The Hall–Kier alpha value is -1.32. The molecule has 0 radical (unpaired) electrons. The lowest BCUT2D eigenvalue weighted by Gasteiger charge is -2.07. The van der Waals surface area contributed by atoms with Crippen molar-refractivity contribution in [2.45, 2.75) is 31.2 Å². The van der Waals surface area contributed by atoms with Crippen molar-refractivity contribution in [3.05, 3.63) is 20.8 Å². The van der Waals surface area contributed by atoms with Crippen molar-refractivity contribution in [3.8, 4) is 6.07 Å². The van der Waals surface area contributed by atoms with Gasteiger partial charge in [-0.2, -0.15) is 5.26 Å². The molecule has 2 aromatic heterocycles. The van der Waals surface area contributed by atoms with Crippen LogP contribution in [0.2, 0.25) is 0 Å². The molecule has 2 aromatic rings. The van der Waals surface area contributed by atoms with Crippen molar-refractivity contribution in [3.63, 3.8) is 0 Å². The van der Waals surface area contributed by atoms with Crippen LogP contribution >= 0.6 is 23.1 Å². The number of rotatable bonds is 2. The molecule has 0 aromatic carbocycles. The average molecular weight is 279 g/mol. The number of nitrogens with zero attached hydrogens (tertiary/aromatic N) is 3. The van der Waals surface area contributed by atoms with Gasteiger partial charge in [-0.3, -0.25) is 9.36 Å². The van der Waals surface area contributed by atoms with Crippen LogP contribution in [-0.2, 0) is 7.05 Å². The minimum atomic E-state index is -0.220. The summed E-state index contributed by atoms with van der Waals surface area (Å²) in [6, 6.07) is 2.14. The van der Waals surface area contributed by atoms with Gasteiger partial charge in [-0.1, -0.05) is 11.8 Å². The summed E-state index contributed by atoms with van der Waals surface area (Å²) in [6.45, 7) is 5.74. The molecule has 0 saturated heterocycles. The number of hydrogen-bond donors (Lipinski definition) is 0. The lowest BCUT2D eigenvalue weighted by Crippen LogP contribution is -2.20. The van der Waals surface area contributed by atoms with Gasteiger partial charge in [0.25, 0.3) is 5.56 Å². The molecule has 4 nitrogen and oxygen atoms in total. The van der Waals surface area contributed by atoms with Crippen molar-refractivity contribution in [2.24, 2.45) is 7.05 Å². The standard InChI is InChI=1S/C12H13N3OS2/c1-6(5-13)17-12-14-10-9(11(16)15(12)4)7(2)8(3)18-10/h6H,1-4H3. The van der Waals surface area contributed by atoms with Crippen molar-refractivity contribution < 1.29 is 0 Å². The zero-order valence-electron chi connectivity index (χ0n) is 10.6. The molecule has 1 atom stereocenters. The molecule has 0 fully saturated rings. The predicted molar refractivity (Wildman–Crippen MR) is 75.3 cm³/mol. The number of nitriles is 1. The highest BCUT2D eigenvalue weighted by Gasteiger charge is 2.16. The summed E-state index contributed by atoms with van der Waals surface area (Å²) in [7, 11) is 1.70. The number of aryl methyl sites for hydroxylation is 2. The second kappa shape index (κ2) is 4.75. The van der Waals surface area contributed by atoms with Gasteiger partial charge in [-0.15, -0.1) is 11.3 Å². The van der Waals surface area contributed by atoms with Gasteiger partial charge in [0.1, 0.15) is 4.83 Å². The minimum Gasteiger partial charge on any atom is -0.290 e. The van der Waals surface area contributed by atoms with E-state index in [2.05, 4.69) is 11.1 Å². The molecular formula is C12H13N3OS2. The molecule has 0 aliphatic heterocycles. The fraction of sp³-hybridized carbons (Fsp3) is 0.417. The molecule has 0 bridgehead atoms. The van der Waals surface area contributed by atoms with E-state index < -0.39 is 0 Å². The lowest BCUT2D eigenvalue weighted by atomic mass is 10.2. The molecular weight excluding hydrogens is 266 g/mol. The molecule has 1 unspecified atom stereocenters. The lowest BCUT2D eigenvalue weighted by molar-refractivity contribution is 0.726. The molecule has 0 N–H and O–H groups in total. The van der Waals surface area contributed by atoms with E-state index >= 15 is 0 Å². The van der Waals surface area contributed by atoms with Gasteiger partial charge in [-0.25, -0.2) is 4.98 Å². The van der Waals surface area contributed by atoms with E-state index in [1.54, 1.807) is 14.0 Å². The number of aromatic nitrogens is 2. The molecule has 0 amide bonds. The summed E-state index contributed by atoms with van der Waals surface area (Å²) in [5.41, 5.74) is 0.975. The van der Waals surface area contributed by atoms with Gasteiger partial charge >= 0.3 is 0 Å². The van der Waals surface area contributed by atoms with E-state index in [9.17, 15) is 4.79 Å². The fourth-order valence-corrected chi connectivity index (χ4v) is 3.48. The Morgan fingerprint density at radius 1 is 1.50 bits per heavy atom. The van der Waals surface area contributed by atoms with Crippen LogP contribution in [0.1, 0.15) is 17.4 Å². The normalized spacial score (nSPS) is 12.6. The molecule has 0 aliphatic rings. The summed E-state index contributed by atoms with van der Waals surface area (Å²) in [5.74, 6) is 0. The fourth-order valence-electron chi connectivity index (χ4n) is 1.65. The Morgan fingerprint density at radius 2 is 2.17 bits per heavy atom. The number of thiophene rings is 1. The highest BCUT2D eigenvalue weighted by atomic mass is 32.2. The molecule has 0 spiro atoms. The van der Waals surface area contributed by atoms with Gasteiger partial charge in [-0.05, 0) is 26.3 Å². The second-order valence-electron chi connectivity index (χ2n) is 4.11. The Morgan fingerprint density at radius 3 is 2.78 bits per heavy atom. The van der Waals surface area contributed by atoms with E-state index in [1.165, 1.54) is 27.7 Å². The van der Waals surface area contributed by atoms with Crippen LogP contribution in [0.25, 0.3) is 10.2 Å². The average Bonchev–Trinajstić information content (AvgIpc) is 2.61. The zero-order valence-corrected chi connectivity index (χ0v) is 12.3. The molecule has 94 valence electrons. The number of hydrogen-bond acceptors (Lipinski definition) is 5. The highest BCUT2D eigenvalue weighted by Crippen LogP contribution is 2.28. The minimum absolute atomic E-state index is 0.0329. The maximum absolute atomic E-state index is 12.3. The van der Waals surface area contributed by atoms with Gasteiger partial charge in [0.15, 0.2) is 5.16 Å². The molecule has 0 aliphatic carbocycles. The summed E-state index contributed by atoms with van der Waals surface area (Å²) in [6.07, 6.45) is 0. The Labute approximate surface area is 113 Å². The van der Waals surface area contributed by atoms with Crippen LogP contribution in [0.5, 0.6) is 0 Å².